The Bertz CT molecular complexity index is 1210. The molecule has 1 aromatic carbocycles. The summed E-state index contributed by atoms with van der Waals surface area (Å²) in [7, 11) is -3.76. The van der Waals surface area contributed by atoms with Crippen molar-refractivity contribution in [2.24, 2.45) is 0 Å². The molecule has 0 radical (unpaired) electrons. The molecule has 1 aliphatic rings. The minimum absolute atomic E-state index is 0.0371. The van der Waals surface area contributed by atoms with E-state index in [9.17, 15) is 13.2 Å². The summed E-state index contributed by atoms with van der Waals surface area (Å²) < 4.78 is 27.5. The molecule has 0 bridgehead atoms. The summed E-state index contributed by atoms with van der Waals surface area (Å²) >= 11 is 0. The lowest BCUT2D eigenvalue weighted by Crippen LogP contribution is -2.37. The van der Waals surface area contributed by atoms with E-state index < -0.39 is 10.0 Å². The molecule has 3 heterocycles. The van der Waals surface area contributed by atoms with E-state index in [1.807, 2.05) is 0 Å². The van der Waals surface area contributed by atoms with Crippen LogP contribution in [-0.2, 0) is 21.2 Å². The first-order valence-corrected chi connectivity index (χ1v) is 11.9. The van der Waals surface area contributed by atoms with Gasteiger partial charge in [-0.1, -0.05) is 19.9 Å². The molecule has 4 rings (SSSR count). The first-order chi connectivity index (χ1) is 15.4. The van der Waals surface area contributed by atoms with Crippen molar-refractivity contribution in [2.45, 2.75) is 44.0 Å². The smallest absolute Gasteiger partial charge is 0.263 e. The molecular formula is C22H24N6O3S. The van der Waals surface area contributed by atoms with E-state index in [1.54, 1.807) is 41.4 Å². The standard InChI is InChI=1S/C22H24N6O3S/c1-3-17(4-2)28-20(29)13-15-14-24-22(26-21(15)28)25-16-8-10-18(11-9-16)32(30,31)27-19-7-5-6-12-23-19/h5-12,14,17H,3-4,13H2,1-2H3,(H,23,27)(H,24,25,26). The maximum absolute atomic E-state index is 12.6. The first kappa shape index (κ1) is 21.7. The van der Waals surface area contributed by atoms with E-state index in [4.69, 9.17) is 0 Å². The Labute approximate surface area is 187 Å². The highest BCUT2D eigenvalue weighted by Gasteiger charge is 2.33. The van der Waals surface area contributed by atoms with Crippen LogP contribution in [0.4, 0.5) is 23.3 Å². The molecule has 10 heteroatoms. The number of rotatable bonds is 8. The average molecular weight is 453 g/mol. The average Bonchev–Trinajstić information content (AvgIpc) is 3.11. The van der Waals surface area contributed by atoms with Crippen molar-refractivity contribution in [1.29, 1.82) is 0 Å². The second-order valence-corrected chi connectivity index (χ2v) is 9.11. The van der Waals surface area contributed by atoms with Crippen LogP contribution in [0, 0.1) is 0 Å². The fourth-order valence-electron chi connectivity index (χ4n) is 3.65. The van der Waals surface area contributed by atoms with Gasteiger partial charge in [0.15, 0.2) is 0 Å². The Kier molecular flexibility index (Phi) is 6.04. The van der Waals surface area contributed by atoms with E-state index in [0.717, 1.165) is 18.4 Å². The zero-order valence-corrected chi connectivity index (χ0v) is 18.6. The third-order valence-electron chi connectivity index (χ3n) is 5.31. The Morgan fingerprint density at radius 1 is 1.06 bits per heavy atom. The SMILES string of the molecule is CCC(CC)N1C(=O)Cc2cnc(Nc3ccc(S(=O)(=O)Nc4ccccn4)cc3)nc21. The highest BCUT2D eigenvalue weighted by Crippen LogP contribution is 2.31. The Hall–Kier alpha value is -3.53. The lowest BCUT2D eigenvalue weighted by Gasteiger charge is -2.25. The first-order valence-electron chi connectivity index (χ1n) is 10.4. The van der Waals surface area contributed by atoms with Gasteiger partial charge < -0.3 is 5.32 Å². The number of carbonyl (C=O) groups excluding carboxylic acids is 1. The number of pyridine rings is 1. The molecule has 1 amide bonds. The highest BCUT2D eigenvalue weighted by atomic mass is 32.2. The molecule has 3 aromatic rings. The Morgan fingerprint density at radius 3 is 2.47 bits per heavy atom. The van der Waals surface area contributed by atoms with Gasteiger partial charge in [-0.15, -0.1) is 0 Å². The maximum atomic E-state index is 12.6. The monoisotopic (exact) mass is 452 g/mol. The molecule has 0 saturated carbocycles. The van der Waals surface area contributed by atoms with Gasteiger partial charge in [0.1, 0.15) is 11.6 Å². The van der Waals surface area contributed by atoms with Crippen LogP contribution in [0.2, 0.25) is 0 Å². The van der Waals surface area contributed by atoms with Crippen LogP contribution in [0.15, 0.2) is 59.8 Å². The number of amides is 1. The number of carbonyl (C=O) groups is 1. The molecule has 0 fully saturated rings. The molecule has 0 atom stereocenters. The zero-order chi connectivity index (χ0) is 22.7. The zero-order valence-electron chi connectivity index (χ0n) is 17.8. The number of sulfonamides is 1. The quantitative estimate of drug-likeness (QED) is 0.537. The van der Waals surface area contributed by atoms with Gasteiger partial charge in [0.2, 0.25) is 11.9 Å². The predicted octanol–water partition coefficient (Wildman–Crippen LogP) is 3.49. The second-order valence-electron chi connectivity index (χ2n) is 7.42. The summed E-state index contributed by atoms with van der Waals surface area (Å²) in [5.74, 6) is 1.27. The summed E-state index contributed by atoms with van der Waals surface area (Å²) in [4.78, 5) is 27.2. The van der Waals surface area contributed by atoms with Crippen molar-refractivity contribution in [3.05, 3.63) is 60.4 Å². The van der Waals surface area contributed by atoms with E-state index in [2.05, 4.69) is 38.8 Å². The predicted molar refractivity (Wildman–Crippen MR) is 122 cm³/mol. The van der Waals surface area contributed by atoms with Gasteiger partial charge in [-0.3, -0.25) is 14.4 Å². The molecular weight excluding hydrogens is 428 g/mol. The van der Waals surface area contributed by atoms with Gasteiger partial charge >= 0.3 is 0 Å². The van der Waals surface area contributed by atoms with Crippen molar-refractivity contribution in [3.8, 4) is 0 Å². The van der Waals surface area contributed by atoms with Gasteiger partial charge in [-0.25, -0.2) is 18.4 Å². The molecule has 2 aromatic heterocycles. The minimum atomic E-state index is -3.76. The summed E-state index contributed by atoms with van der Waals surface area (Å²) in [6.45, 7) is 4.11. The number of nitrogens with zero attached hydrogens (tertiary/aromatic N) is 4. The molecule has 1 aliphatic heterocycles. The van der Waals surface area contributed by atoms with Gasteiger partial charge in [0, 0.05) is 29.7 Å². The summed E-state index contributed by atoms with van der Waals surface area (Å²) in [5, 5.41) is 3.08. The normalized spacial score (nSPS) is 13.3. The molecule has 0 saturated heterocycles. The van der Waals surface area contributed by atoms with Crippen molar-refractivity contribution >= 4 is 39.2 Å². The lowest BCUT2D eigenvalue weighted by molar-refractivity contribution is -0.117. The van der Waals surface area contributed by atoms with Crippen LogP contribution < -0.4 is 14.9 Å². The number of benzene rings is 1. The third kappa shape index (κ3) is 4.40. The van der Waals surface area contributed by atoms with Gasteiger partial charge in [0.25, 0.3) is 10.0 Å². The molecule has 0 unspecified atom stereocenters. The third-order valence-corrected chi connectivity index (χ3v) is 6.68. The van der Waals surface area contributed by atoms with Gasteiger partial charge in [0.05, 0.1) is 11.3 Å². The van der Waals surface area contributed by atoms with E-state index in [0.29, 0.717) is 23.9 Å². The van der Waals surface area contributed by atoms with Crippen LogP contribution >= 0.6 is 0 Å². The number of anilines is 4. The second kappa shape index (κ2) is 8.91. The van der Waals surface area contributed by atoms with Crippen molar-refractivity contribution in [2.75, 3.05) is 14.9 Å². The number of fused-ring (bicyclic) bond motifs is 1. The Morgan fingerprint density at radius 2 is 1.81 bits per heavy atom. The van der Waals surface area contributed by atoms with Crippen LogP contribution in [0.5, 0.6) is 0 Å². The molecule has 9 nitrogen and oxygen atoms in total. The fourth-order valence-corrected chi connectivity index (χ4v) is 4.66. The number of aromatic nitrogens is 3. The van der Waals surface area contributed by atoms with Crippen LogP contribution in [0.3, 0.4) is 0 Å². The van der Waals surface area contributed by atoms with Crippen LogP contribution in [0.25, 0.3) is 0 Å². The van der Waals surface area contributed by atoms with E-state index >= 15 is 0 Å². The van der Waals surface area contributed by atoms with E-state index in [-0.39, 0.29) is 22.7 Å². The molecule has 166 valence electrons. The summed E-state index contributed by atoms with van der Waals surface area (Å²) in [6.07, 6.45) is 5.18. The molecule has 0 aliphatic carbocycles. The molecule has 32 heavy (non-hydrogen) atoms. The van der Waals surface area contributed by atoms with Crippen molar-refractivity contribution in [3.63, 3.8) is 0 Å². The highest BCUT2D eigenvalue weighted by molar-refractivity contribution is 7.92. The van der Waals surface area contributed by atoms with Crippen molar-refractivity contribution in [1.82, 2.24) is 15.0 Å². The summed E-state index contributed by atoms with van der Waals surface area (Å²) in [5.41, 5.74) is 1.44. The van der Waals surface area contributed by atoms with Crippen LogP contribution in [0.1, 0.15) is 32.3 Å². The lowest BCUT2D eigenvalue weighted by atomic mass is 10.1. The molecule has 2 N–H and O–H groups in total. The number of hydrogen-bond acceptors (Lipinski definition) is 7. The number of hydrogen-bond donors (Lipinski definition) is 2. The van der Waals surface area contributed by atoms with Crippen LogP contribution in [-0.4, -0.2) is 35.3 Å². The fraction of sp³-hybridized carbons (Fsp3) is 0.273. The molecule has 0 spiro atoms. The summed E-state index contributed by atoms with van der Waals surface area (Å²) in [6, 6.07) is 11.3. The maximum Gasteiger partial charge on any atom is 0.263 e. The minimum Gasteiger partial charge on any atom is -0.324 e. The topological polar surface area (TPSA) is 117 Å². The van der Waals surface area contributed by atoms with Gasteiger partial charge in [-0.05, 0) is 49.2 Å². The largest absolute Gasteiger partial charge is 0.324 e. The Balaban J connectivity index is 1.52. The van der Waals surface area contributed by atoms with Gasteiger partial charge in [-0.2, -0.15) is 4.98 Å². The van der Waals surface area contributed by atoms with E-state index in [1.165, 1.54) is 18.3 Å². The van der Waals surface area contributed by atoms with Crippen molar-refractivity contribution < 1.29 is 13.2 Å². The number of nitrogens with one attached hydrogen (secondary N) is 2.